The summed E-state index contributed by atoms with van der Waals surface area (Å²) in [6, 6.07) is 14.4. The third-order valence-electron chi connectivity index (χ3n) is 4.46. The molecule has 3 nitrogen and oxygen atoms in total. The second-order valence-electron chi connectivity index (χ2n) is 6.84. The minimum absolute atomic E-state index is 0.166. The molecule has 1 aliphatic heterocycles. The van der Waals surface area contributed by atoms with Crippen molar-refractivity contribution < 1.29 is 4.74 Å². The number of nitrogens with zero attached hydrogens (tertiary/aromatic N) is 1. The highest BCUT2D eigenvalue weighted by atomic mass is 35.5. The molecule has 0 aliphatic carbocycles. The molecule has 0 radical (unpaired) electrons. The molecule has 1 heterocycles. The average Bonchev–Trinajstić information content (AvgIpc) is 2.61. The summed E-state index contributed by atoms with van der Waals surface area (Å²) in [6.07, 6.45) is 4.00. The predicted octanol–water partition coefficient (Wildman–Crippen LogP) is 5.73. The van der Waals surface area contributed by atoms with Crippen LogP contribution < -0.4 is 15.0 Å². The van der Waals surface area contributed by atoms with Crippen LogP contribution in [-0.4, -0.2) is 19.2 Å². The van der Waals surface area contributed by atoms with E-state index in [0.29, 0.717) is 6.54 Å². The summed E-state index contributed by atoms with van der Waals surface area (Å²) in [5.74, 6) is 0.932. The molecular weight excluding hydrogens is 332 g/mol. The van der Waals surface area contributed by atoms with Crippen molar-refractivity contribution in [2.45, 2.75) is 45.8 Å². The first-order valence-electron chi connectivity index (χ1n) is 9.16. The number of para-hydroxylation sites is 1. The predicted molar refractivity (Wildman–Crippen MR) is 107 cm³/mol. The second kappa shape index (κ2) is 8.48. The summed E-state index contributed by atoms with van der Waals surface area (Å²) in [5.41, 5.74) is 3.33. The summed E-state index contributed by atoms with van der Waals surface area (Å²) in [6.45, 7) is 7.01. The Morgan fingerprint density at radius 3 is 2.56 bits per heavy atom. The maximum absolute atomic E-state index is 6.54. The van der Waals surface area contributed by atoms with E-state index in [4.69, 9.17) is 16.3 Å². The number of piperidine rings is 1. The Labute approximate surface area is 155 Å². The monoisotopic (exact) mass is 358 g/mol. The summed E-state index contributed by atoms with van der Waals surface area (Å²) >= 11 is 6.54. The molecule has 2 aromatic carbocycles. The van der Waals surface area contributed by atoms with Gasteiger partial charge in [0.05, 0.1) is 16.8 Å². The van der Waals surface area contributed by atoms with Crippen LogP contribution in [0.25, 0.3) is 0 Å². The van der Waals surface area contributed by atoms with Crippen molar-refractivity contribution >= 4 is 23.0 Å². The lowest BCUT2D eigenvalue weighted by molar-refractivity contribution is 0.240. The smallest absolute Gasteiger partial charge is 0.124 e. The van der Waals surface area contributed by atoms with E-state index in [-0.39, 0.29) is 6.10 Å². The molecule has 1 fully saturated rings. The van der Waals surface area contributed by atoms with Gasteiger partial charge < -0.3 is 15.0 Å². The van der Waals surface area contributed by atoms with Crippen LogP contribution in [0.4, 0.5) is 11.4 Å². The first-order chi connectivity index (χ1) is 12.1. The Kier molecular flexibility index (Phi) is 6.09. The van der Waals surface area contributed by atoms with Crippen molar-refractivity contribution in [3.63, 3.8) is 0 Å². The van der Waals surface area contributed by atoms with Gasteiger partial charge in [0.2, 0.25) is 0 Å². The van der Waals surface area contributed by atoms with Gasteiger partial charge in [-0.05, 0) is 57.4 Å². The Balaban J connectivity index is 1.67. The van der Waals surface area contributed by atoms with Gasteiger partial charge in [0, 0.05) is 30.9 Å². The molecule has 0 spiro atoms. The van der Waals surface area contributed by atoms with Crippen LogP contribution >= 0.6 is 11.6 Å². The van der Waals surface area contributed by atoms with Crippen molar-refractivity contribution in [3.05, 3.63) is 53.1 Å². The number of rotatable bonds is 6. The maximum Gasteiger partial charge on any atom is 0.124 e. The van der Waals surface area contributed by atoms with Gasteiger partial charge in [0.25, 0.3) is 0 Å². The van der Waals surface area contributed by atoms with E-state index in [1.165, 1.54) is 19.3 Å². The molecule has 0 aromatic heterocycles. The second-order valence-corrected chi connectivity index (χ2v) is 7.25. The zero-order valence-corrected chi connectivity index (χ0v) is 15.9. The van der Waals surface area contributed by atoms with Gasteiger partial charge in [-0.25, -0.2) is 0 Å². The van der Waals surface area contributed by atoms with Crippen molar-refractivity contribution in [1.82, 2.24) is 0 Å². The van der Waals surface area contributed by atoms with Crippen molar-refractivity contribution in [3.8, 4) is 5.75 Å². The Morgan fingerprint density at radius 2 is 1.84 bits per heavy atom. The summed E-state index contributed by atoms with van der Waals surface area (Å²) < 4.78 is 5.88. The van der Waals surface area contributed by atoms with Crippen molar-refractivity contribution in [2.24, 2.45) is 0 Å². The van der Waals surface area contributed by atoms with Gasteiger partial charge in [0.15, 0.2) is 0 Å². The van der Waals surface area contributed by atoms with Gasteiger partial charge >= 0.3 is 0 Å². The normalized spacial score (nSPS) is 14.6. The fourth-order valence-corrected chi connectivity index (χ4v) is 3.52. The first-order valence-corrected chi connectivity index (χ1v) is 9.54. The number of halogens is 1. The number of ether oxygens (including phenoxy) is 1. The molecule has 25 heavy (non-hydrogen) atoms. The number of anilines is 2. The third kappa shape index (κ3) is 4.82. The van der Waals surface area contributed by atoms with E-state index in [9.17, 15) is 0 Å². The minimum Gasteiger partial charge on any atom is -0.491 e. The van der Waals surface area contributed by atoms with E-state index < -0.39 is 0 Å². The molecule has 0 amide bonds. The Morgan fingerprint density at radius 1 is 1.08 bits per heavy atom. The van der Waals surface area contributed by atoms with E-state index >= 15 is 0 Å². The van der Waals surface area contributed by atoms with Crippen LogP contribution in [-0.2, 0) is 6.54 Å². The zero-order valence-electron chi connectivity index (χ0n) is 15.1. The third-order valence-corrected chi connectivity index (χ3v) is 4.77. The van der Waals surface area contributed by atoms with Gasteiger partial charge in [-0.15, -0.1) is 0 Å². The lowest BCUT2D eigenvalue weighted by Crippen LogP contribution is -2.29. The topological polar surface area (TPSA) is 24.5 Å². The Hall–Kier alpha value is -1.87. The molecule has 0 atom stereocenters. The van der Waals surface area contributed by atoms with Crippen molar-refractivity contribution in [1.29, 1.82) is 0 Å². The van der Waals surface area contributed by atoms with Crippen LogP contribution in [0, 0.1) is 0 Å². The molecule has 134 valence electrons. The maximum atomic E-state index is 6.54. The van der Waals surface area contributed by atoms with Gasteiger partial charge in [-0.2, -0.15) is 0 Å². The van der Waals surface area contributed by atoms with Gasteiger partial charge in [0.1, 0.15) is 5.75 Å². The first kappa shape index (κ1) is 17.9. The summed E-state index contributed by atoms with van der Waals surface area (Å²) in [7, 11) is 0. The molecule has 1 N–H and O–H groups in total. The number of nitrogens with one attached hydrogen (secondary N) is 1. The van der Waals surface area contributed by atoms with Crippen LogP contribution in [0.1, 0.15) is 38.7 Å². The molecule has 2 aromatic rings. The Bertz CT molecular complexity index is 696. The van der Waals surface area contributed by atoms with Crippen molar-refractivity contribution in [2.75, 3.05) is 23.3 Å². The molecule has 0 saturated carbocycles. The van der Waals surface area contributed by atoms with Crippen LogP contribution in [0.3, 0.4) is 0 Å². The quantitative estimate of drug-likeness (QED) is 0.713. The largest absolute Gasteiger partial charge is 0.491 e. The van der Waals surface area contributed by atoms with E-state index in [1.807, 2.05) is 38.1 Å². The van der Waals surface area contributed by atoms with E-state index in [1.54, 1.807) is 0 Å². The number of hydrogen-bond acceptors (Lipinski definition) is 3. The van der Waals surface area contributed by atoms with E-state index in [0.717, 1.165) is 40.8 Å². The molecule has 1 saturated heterocycles. The zero-order chi connectivity index (χ0) is 17.6. The average molecular weight is 359 g/mol. The highest BCUT2D eigenvalue weighted by Gasteiger charge is 2.14. The standard InChI is InChI=1S/C21H27ClN2O/c1-16(2)25-21-9-5-4-8-17(21)15-23-18-10-11-20(19(22)14-18)24-12-6-3-7-13-24/h4-5,8-11,14,16,23H,3,6-7,12-13,15H2,1-2H3. The molecule has 3 rings (SSSR count). The molecule has 0 unspecified atom stereocenters. The molecular formula is C21H27ClN2O. The van der Waals surface area contributed by atoms with Crippen LogP contribution in [0.15, 0.2) is 42.5 Å². The van der Waals surface area contributed by atoms with Crippen LogP contribution in [0.2, 0.25) is 5.02 Å². The number of benzene rings is 2. The fraction of sp³-hybridized carbons (Fsp3) is 0.429. The lowest BCUT2D eigenvalue weighted by atomic mass is 10.1. The highest BCUT2D eigenvalue weighted by molar-refractivity contribution is 6.33. The molecule has 4 heteroatoms. The molecule has 1 aliphatic rings. The van der Waals surface area contributed by atoms with Gasteiger partial charge in [-0.1, -0.05) is 29.8 Å². The lowest BCUT2D eigenvalue weighted by Gasteiger charge is -2.29. The van der Waals surface area contributed by atoms with E-state index in [2.05, 4.69) is 28.4 Å². The number of hydrogen-bond donors (Lipinski definition) is 1. The summed E-state index contributed by atoms with van der Waals surface area (Å²) in [5, 5.41) is 4.28. The van der Waals surface area contributed by atoms with Gasteiger partial charge in [-0.3, -0.25) is 0 Å². The highest BCUT2D eigenvalue weighted by Crippen LogP contribution is 2.31. The summed E-state index contributed by atoms with van der Waals surface area (Å²) in [4.78, 5) is 2.39. The fourth-order valence-electron chi connectivity index (χ4n) is 3.22. The van der Waals surface area contributed by atoms with Crippen LogP contribution in [0.5, 0.6) is 5.75 Å². The minimum atomic E-state index is 0.166. The SMILES string of the molecule is CC(C)Oc1ccccc1CNc1ccc(N2CCCCC2)c(Cl)c1. The molecule has 0 bridgehead atoms.